The molecular formula is C20H25NO4. The van der Waals surface area contributed by atoms with E-state index in [4.69, 9.17) is 13.9 Å². The van der Waals surface area contributed by atoms with Gasteiger partial charge in [-0.3, -0.25) is 0 Å². The summed E-state index contributed by atoms with van der Waals surface area (Å²) in [6.07, 6.45) is 4.96. The van der Waals surface area contributed by atoms with Crippen LogP contribution in [0, 0.1) is 13.8 Å². The minimum Gasteiger partial charge on any atom is -0.441 e. The molecule has 5 heteroatoms. The fraction of sp³-hybridized carbons (Fsp3) is 0.500. The smallest absolute Gasteiger partial charge is 0.226 e. The van der Waals surface area contributed by atoms with Crippen molar-refractivity contribution >= 4 is 6.29 Å². The Labute approximate surface area is 148 Å². The first-order chi connectivity index (χ1) is 12.2. The van der Waals surface area contributed by atoms with Crippen LogP contribution in [0.3, 0.4) is 0 Å². The Balaban J connectivity index is 1.59. The highest BCUT2D eigenvalue weighted by Crippen LogP contribution is 2.26. The molecule has 1 fully saturated rings. The quantitative estimate of drug-likeness (QED) is 0.711. The van der Waals surface area contributed by atoms with Gasteiger partial charge >= 0.3 is 0 Å². The Morgan fingerprint density at radius 2 is 2.04 bits per heavy atom. The van der Waals surface area contributed by atoms with Crippen molar-refractivity contribution in [2.75, 3.05) is 6.61 Å². The lowest BCUT2D eigenvalue weighted by Gasteiger charge is -2.28. The third-order valence-corrected chi connectivity index (χ3v) is 4.59. The Hall–Kier alpha value is -1.98. The number of carbonyl (C=O) groups is 1. The van der Waals surface area contributed by atoms with E-state index in [1.165, 1.54) is 5.56 Å². The minimum absolute atomic E-state index is 0.116. The first-order valence-corrected chi connectivity index (χ1v) is 8.86. The lowest BCUT2D eigenvalue weighted by molar-refractivity contribution is -0.116. The second-order valence-corrected chi connectivity index (χ2v) is 6.61. The van der Waals surface area contributed by atoms with Gasteiger partial charge < -0.3 is 18.7 Å². The van der Waals surface area contributed by atoms with E-state index in [0.29, 0.717) is 12.5 Å². The number of oxazole rings is 1. The van der Waals surface area contributed by atoms with Crippen LogP contribution in [-0.4, -0.2) is 30.1 Å². The summed E-state index contributed by atoms with van der Waals surface area (Å²) in [5.74, 6) is 1.43. The van der Waals surface area contributed by atoms with E-state index in [2.05, 4.69) is 24.0 Å². The highest BCUT2D eigenvalue weighted by molar-refractivity contribution is 5.54. The van der Waals surface area contributed by atoms with Crippen LogP contribution in [0.25, 0.3) is 11.5 Å². The van der Waals surface area contributed by atoms with Gasteiger partial charge in [0.15, 0.2) is 0 Å². The number of aldehydes is 1. The summed E-state index contributed by atoms with van der Waals surface area (Å²) < 4.78 is 17.4. The fourth-order valence-corrected chi connectivity index (χ4v) is 3.24. The summed E-state index contributed by atoms with van der Waals surface area (Å²) in [6, 6.07) is 8.11. The van der Waals surface area contributed by atoms with Gasteiger partial charge in [-0.05, 0) is 51.7 Å². The Bertz CT molecular complexity index is 709. The molecule has 1 aromatic carbocycles. The molecule has 0 spiro atoms. The molecule has 0 saturated heterocycles. The predicted octanol–water partition coefficient (Wildman–Crippen LogP) is 4.00. The molecule has 0 amide bonds. The van der Waals surface area contributed by atoms with Crippen molar-refractivity contribution in [2.45, 2.75) is 58.3 Å². The Morgan fingerprint density at radius 1 is 1.24 bits per heavy atom. The monoisotopic (exact) mass is 343 g/mol. The second kappa shape index (κ2) is 8.41. The molecule has 2 aromatic rings. The number of hydrogen-bond acceptors (Lipinski definition) is 5. The number of aryl methyl sites for hydroxylation is 2. The summed E-state index contributed by atoms with van der Waals surface area (Å²) in [5, 5.41) is 0. The van der Waals surface area contributed by atoms with Crippen LogP contribution < -0.4 is 0 Å². The van der Waals surface area contributed by atoms with Gasteiger partial charge in [-0.2, -0.15) is 0 Å². The highest BCUT2D eigenvalue weighted by Gasteiger charge is 2.24. The number of rotatable bonds is 7. The van der Waals surface area contributed by atoms with Crippen LogP contribution in [0.5, 0.6) is 0 Å². The van der Waals surface area contributed by atoms with Crippen molar-refractivity contribution in [1.82, 2.24) is 4.98 Å². The molecule has 1 heterocycles. The van der Waals surface area contributed by atoms with Gasteiger partial charge in [-0.25, -0.2) is 4.98 Å². The van der Waals surface area contributed by atoms with E-state index >= 15 is 0 Å². The molecule has 2 atom stereocenters. The molecule has 0 aliphatic heterocycles. The molecule has 1 aliphatic carbocycles. The number of benzene rings is 1. The van der Waals surface area contributed by atoms with Crippen LogP contribution in [0.2, 0.25) is 0 Å². The zero-order valence-electron chi connectivity index (χ0n) is 14.9. The van der Waals surface area contributed by atoms with Gasteiger partial charge in [0.05, 0.1) is 18.8 Å². The molecule has 0 radical (unpaired) electrons. The third kappa shape index (κ3) is 4.77. The van der Waals surface area contributed by atoms with Gasteiger partial charge in [0.2, 0.25) is 5.89 Å². The van der Waals surface area contributed by atoms with Crippen molar-refractivity contribution < 1.29 is 18.7 Å². The SMILES string of the molecule is Cc1cccc(-c2nc(CO[C@H]3CCC[C@@H](OCC=O)C3)c(C)o2)c1. The minimum atomic E-state index is 0.116. The summed E-state index contributed by atoms with van der Waals surface area (Å²) >= 11 is 0. The molecule has 3 rings (SSSR count). The number of nitrogens with zero attached hydrogens (tertiary/aromatic N) is 1. The van der Waals surface area contributed by atoms with Gasteiger partial charge in [0.25, 0.3) is 0 Å². The van der Waals surface area contributed by atoms with Crippen LogP contribution in [-0.2, 0) is 20.9 Å². The van der Waals surface area contributed by atoms with E-state index in [-0.39, 0.29) is 18.8 Å². The van der Waals surface area contributed by atoms with Gasteiger partial charge in [0, 0.05) is 5.56 Å². The Morgan fingerprint density at radius 3 is 2.80 bits per heavy atom. The average Bonchev–Trinajstić information content (AvgIpc) is 2.99. The van der Waals surface area contributed by atoms with Crippen molar-refractivity contribution in [3.8, 4) is 11.5 Å². The second-order valence-electron chi connectivity index (χ2n) is 6.61. The molecular weight excluding hydrogens is 318 g/mol. The number of hydrogen-bond donors (Lipinski definition) is 0. The van der Waals surface area contributed by atoms with Gasteiger partial charge in [-0.15, -0.1) is 0 Å². The van der Waals surface area contributed by atoms with Crippen LogP contribution in [0.4, 0.5) is 0 Å². The molecule has 0 bridgehead atoms. The topological polar surface area (TPSA) is 61.6 Å². The van der Waals surface area contributed by atoms with Gasteiger partial charge in [-0.1, -0.05) is 17.7 Å². The first kappa shape index (κ1) is 17.8. The lowest BCUT2D eigenvalue weighted by atomic mass is 9.95. The van der Waals surface area contributed by atoms with Crippen LogP contribution in [0.1, 0.15) is 42.7 Å². The first-order valence-electron chi connectivity index (χ1n) is 8.86. The molecule has 5 nitrogen and oxygen atoms in total. The normalized spacial score (nSPS) is 20.6. The van der Waals surface area contributed by atoms with Gasteiger partial charge in [0.1, 0.15) is 24.3 Å². The van der Waals surface area contributed by atoms with E-state index in [1.807, 2.05) is 19.1 Å². The summed E-state index contributed by atoms with van der Waals surface area (Å²) in [4.78, 5) is 15.0. The summed E-state index contributed by atoms with van der Waals surface area (Å²) in [7, 11) is 0. The fourth-order valence-electron chi connectivity index (χ4n) is 3.24. The maximum atomic E-state index is 10.4. The van der Waals surface area contributed by atoms with E-state index < -0.39 is 0 Å². The van der Waals surface area contributed by atoms with Crippen LogP contribution >= 0.6 is 0 Å². The standard InChI is InChI=1S/C20H25NO4/c1-14-5-3-6-16(11-14)20-21-19(15(2)25-20)13-24-18-8-4-7-17(12-18)23-10-9-22/h3,5-6,9,11,17-18H,4,7-8,10,12-13H2,1-2H3/t17-,18+/m1/s1. The van der Waals surface area contributed by atoms with E-state index in [1.54, 1.807) is 0 Å². The Kier molecular flexibility index (Phi) is 6.00. The van der Waals surface area contributed by atoms with E-state index in [0.717, 1.165) is 49.0 Å². The highest BCUT2D eigenvalue weighted by atomic mass is 16.5. The lowest BCUT2D eigenvalue weighted by Crippen LogP contribution is -2.28. The number of ether oxygens (including phenoxy) is 2. The largest absolute Gasteiger partial charge is 0.441 e. The molecule has 134 valence electrons. The van der Waals surface area contributed by atoms with Crippen LogP contribution in [0.15, 0.2) is 28.7 Å². The third-order valence-electron chi connectivity index (χ3n) is 4.59. The summed E-state index contributed by atoms with van der Waals surface area (Å²) in [6.45, 7) is 4.57. The summed E-state index contributed by atoms with van der Waals surface area (Å²) in [5.41, 5.74) is 3.00. The predicted molar refractivity (Wildman–Crippen MR) is 94.3 cm³/mol. The molecule has 0 unspecified atom stereocenters. The zero-order chi connectivity index (χ0) is 17.6. The maximum absolute atomic E-state index is 10.4. The molecule has 1 aromatic heterocycles. The molecule has 25 heavy (non-hydrogen) atoms. The van der Waals surface area contributed by atoms with Crippen molar-refractivity contribution in [3.63, 3.8) is 0 Å². The average molecular weight is 343 g/mol. The molecule has 0 N–H and O–H groups in total. The molecule has 1 saturated carbocycles. The molecule has 1 aliphatic rings. The van der Waals surface area contributed by atoms with Crippen molar-refractivity contribution in [1.29, 1.82) is 0 Å². The maximum Gasteiger partial charge on any atom is 0.226 e. The van der Waals surface area contributed by atoms with E-state index in [9.17, 15) is 4.79 Å². The number of aromatic nitrogens is 1. The van der Waals surface area contributed by atoms with Crippen molar-refractivity contribution in [2.24, 2.45) is 0 Å². The number of carbonyl (C=O) groups excluding carboxylic acids is 1. The zero-order valence-corrected chi connectivity index (χ0v) is 14.9. The van der Waals surface area contributed by atoms with Crippen molar-refractivity contribution in [3.05, 3.63) is 41.3 Å².